The van der Waals surface area contributed by atoms with Crippen molar-refractivity contribution < 1.29 is 29.0 Å². The van der Waals surface area contributed by atoms with Crippen LogP contribution in [0.25, 0.3) is 0 Å². The highest BCUT2D eigenvalue weighted by Crippen LogP contribution is 2.19. The number of carbonyl (C=O) groups is 3. The molecule has 1 aliphatic heterocycles. The fourth-order valence-electron chi connectivity index (χ4n) is 2.55. The van der Waals surface area contributed by atoms with E-state index in [1.807, 2.05) is 0 Å². The highest BCUT2D eigenvalue weighted by molar-refractivity contribution is 5.89. The third-order valence-corrected chi connectivity index (χ3v) is 3.97. The molecule has 1 fully saturated rings. The Morgan fingerprint density at radius 2 is 2.00 bits per heavy atom. The summed E-state index contributed by atoms with van der Waals surface area (Å²) < 4.78 is 9.93. The van der Waals surface area contributed by atoms with E-state index in [1.54, 1.807) is 24.3 Å². The molecule has 2 N–H and O–H groups in total. The number of methoxy groups -OCH3 is 1. The molecule has 8 nitrogen and oxygen atoms in total. The number of carboxylic acid groups (broad SMARTS) is 1. The molecule has 2 amide bonds. The first kappa shape index (κ1) is 18.6. The number of amides is 2. The summed E-state index contributed by atoms with van der Waals surface area (Å²) >= 11 is 0. The molecule has 0 bridgehead atoms. The van der Waals surface area contributed by atoms with E-state index < -0.39 is 11.9 Å². The Bertz CT molecular complexity index is 616. The van der Waals surface area contributed by atoms with Gasteiger partial charge in [0.05, 0.1) is 26.1 Å². The van der Waals surface area contributed by atoms with Crippen LogP contribution >= 0.6 is 0 Å². The molecule has 0 spiro atoms. The summed E-state index contributed by atoms with van der Waals surface area (Å²) in [5, 5.41) is 11.8. The Balaban J connectivity index is 1.82. The monoisotopic (exact) mass is 350 g/mol. The first-order chi connectivity index (χ1) is 12.0. The van der Waals surface area contributed by atoms with E-state index in [2.05, 4.69) is 10.1 Å². The van der Waals surface area contributed by atoms with E-state index in [4.69, 9.17) is 9.84 Å². The lowest BCUT2D eigenvalue weighted by atomic mass is 9.99. The van der Waals surface area contributed by atoms with Crippen molar-refractivity contribution in [3.8, 4) is 5.75 Å². The lowest BCUT2D eigenvalue weighted by Gasteiger charge is -2.30. The predicted molar refractivity (Wildman–Crippen MR) is 89.5 cm³/mol. The molecule has 2 rings (SSSR count). The number of piperidine rings is 1. The molecule has 1 aliphatic rings. The van der Waals surface area contributed by atoms with Crippen LogP contribution in [-0.2, 0) is 14.3 Å². The molecule has 1 saturated heterocycles. The van der Waals surface area contributed by atoms with Crippen molar-refractivity contribution in [2.45, 2.75) is 19.3 Å². The van der Waals surface area contributed by atoms with Crippen LogP contribution in [0.4, 0.5) is 10.5 Å². The number of urea groups is 1. The van der Waals surface area contributed by atoms with Gasteiger partial charge in [-0.05, 0) is 37.1 Å². The standard InChI is InChI=1S/C17H22N2O6/c1-24-15(20)8-10-25-14-6-4-13(5-7-14)18-17(23)19-9-2-3-12(11-19)16(21)22/h4-7,12H,2-3,8-11H2,1H3,(H,18,23)(H,21,22). The Hall–Kier alpha value is -2.77. The molecule has 0 saturated carbocycles. The zero-order chi connectivity index (χ0) is 18.2. The molecule has 1 atom stereocenters. The Labute approximate surface area is 145 Å². The molecular formula is C17H22N2O6. The van der Waals surface area contributed by atoms with Crippen LogP contribution in [0.2, 0.25) is 0 Å². The molecule has 1 unspecified atom stereocenters. The number of hydrogen-bond acceptors (Lipinski definition) is 5. The lowest BCUT2D eigenvalue weighted by molar-refractivity contribution is -0.143. The van der Waals surface area contributed by atoms with E-state index in [0.29, 0.717) is 30.8 Å². The topological polar surface area (TPSA) is 105 Å². The molecule has 0 radical (unpaired) electrons. The summed E-state index contributed by atoms with van der Waals surface area (Å²) in [4.78, 5) is 35.8. The van der Waals surface area contributed by atoms with Gasteiger partial charge in [-0.1, -0.05) is 0 Å². The minimum absolute atomic E-state index is 0.161. The molecular weight excluding hydrogens is 328 g/mol. The second kappa shape index (κ2) is 8.91. The summed E-state index contributed by atoms with van der Waals surface area (Å²) in [7, 11) is 1.32. The number of ether oxygens (including phenoxy) is 2. The van der Waals surface area contributed by atoms with Gasteiger partial charge in [-0.25, -0.2) is 4.79 Å². The van der Waals surface area contributed by atoms with Gasteiger partial charge in [-0.2, -0.15) is 0 Å². The van der Waals surface area contributed by atoms with Crippen LogP contribution in [0.3, 0.4) is 0 Å². The predicted octanol–water partition coefficient (Wildman–Crippen LogP) is 1.96. The highest BCUT2D eigenvalue weighted by Gasteiger charge is 2.28. The molecule has 136 valence electrons. The molecule has 25 heavy (non-hydrogen) atoms. The van der Waals surface area contributed by atoms with Crippen LogP contribution in [-0.4, -0.2) is 54.8 Å². The van der Waals surface area contributed by atoms with Gasteiger partial charge in [0.1, 0.15) is 5.75 Å². The van der Waals surface area contributed by atoms with Crippen LogP contribution < -0.4 is 10.1 Å². The number of likely N-dealkylation sites (tertiary alicyclic amines) is 1. The van der Waals surface area contributed by atoms with E-state index in [-0.39, 0.29) is 31.6 Å². The molecule has 8 heteroatoms. The van der Waals surface area contributed by atoms with Gasteiger partial charge in [-0.3, -0.25) is 9.59 Å². The van der Waals surface area contributed by atoms with Crippen molar-refractivity contribution in [1.29, 1.82) is 0 Å². The largest absolute Gasteiger partial charge is 0.493 e. The summed E-state index contributed by atoms with van der Waals surface area (Å²) in [6, 6.07) is 6.42. The smallest absolute Gasteiger partial charge is 0.321 e. The van der Waals surface area contributed by atoms with Crippen molar-refractivity contribution in [2.75, 3.05) is 32.1 Å². The second-order valence-corrected chi connectivity index (χ2v) is 5.75. The first-order valence-electron chi connectivity index (χ1n) is 8.08. The van der Waals surface area contributed by atoms with Gasteiger partial charge in [0.15, 0.2) is 0 Å². The average molecular weight is 350 g/mol. The van der Waals surface area contributed by atoms with Crippen LogP contribution in [0.1, 0.15) is 19.3 Å². The average Bonchev–Trinajstić information content (AvgIpc) is 2.63. The number of rotatable bonds is 6. The van der Waals surface area contributed by atoms with Crippen LogP contribution in [0.5, 0.6) is 5.75 Å². The Kier molecular flexibility index (Phi) is 6.62. The molecule has 0 aliphatic carbocycles. The van der Waals surface area contributed by atoms with Crippen molar-refractivity contribution in [3.05, 3.63) is 24.3 Å². The maximum atomic E-state index is 12.2. The van der Waals surface area contributed by atoms with E-state index in [9.17, 15) is 14.4 Å². The summed E-state index contributed by atoms with van der Waals surface area (Å²) in [6.07, 6.45) is 1.43. The number of nitrogens with one attached hydrogen (secondary N) is 1. The number of carboxylic acids is 1. The van der Waals surface area contributed by atoms with Crippen molar-refractivity contribution in [3.63, 3.8) is 0 Å². The minimum Gasteiger partial charge on any atom is -0.493 e. The van der Waals surface area contributed by atoms with Gasteiger partial charge in [-0.15, -0.1) is 0 Å². The molecule has 1 aromatic carbocycles. The maximum absolute atomic E-state index is 12.2. The fourth-order valence-corrected chi connectivity index (χ4v) is 2.55. The summed E-state index contributed by atoms with van der Waals surface area (Å²) in [5.41, 5.74) is 0.586. The normalized spacial score (nSPS) is 16.8. The van der Waals surface area contributed by atoms with Gasteiger partial charge in [0.25, 0.3) is 0 Å². The first-order valence-corrected chi connectivity index (χ1v) is 8.08. The van der Waals surface area contributed by atoms with Gasteiger partial charge in [0.2, 0.25) is 0 Å². The Morgan fingerprint density at radius 1 is 1.28 bits per heavy atom. The van der Waals surface area contributed by atoms with Crippen molar-refractivity contribution >= 4 is 23.7 Å². The van der Waals surface area contributed by atoms with Crippen molar-refractivity contribution in [1.82, 2.24) is 4.90 Å². The number of benzene rings is 1. The quantitative estimate of drug-likeness (QED) is 0.760. The lowest BCUT2D eigenvalue weighted by Crippen LogP contribution is -2.44. The van der Waals surface area contributed by atoms with E-state index in [0.717, 1.165) is 0 Å². The number of carbonyl (C=O) groups excluding carboxylic acids is 2. The number of anilines is 1. The highest BCUT2D eigenvalue weighted by atomic mass is 16.5. The summed E-state index contributed by atoms with van der Waals surface area (Å²) in [5.74, 6) is -1.15. The summed E-state index contributed by atoms with van der Waals surface area (Å²) in [6.45, 7) is 0.975. The second-order valence-electron chi connectivity index (χ2n) is 5.75. The maximum Gasteiger partial charge on any atom is 0.321 e. The SMILES string of the molecule is COC(=O)CCOc1ccc(NC(=O)N2CCCC(C(=O)O)C2)cc1. The molecule has 1 heterocycles. The molecule has 1 aromatic rings. The number of aliphatic carboxylic acids is 1. The van der Waals surface area contributed by atoms with Gasteiger partial charge in [0, 0.05) is 18.8 Å². The zero-order valence-electron chi connectivity index (χ0n) is 14.1. The zero-order valence-corrected chi connectivity index (χ0v) is 14.1. The van der Waals surface area contributed by atoms with Gasteiger partial charge >= 0.3 is 18.0 Å². The number of nitrogens with zero attached hydrogens (tertiary/aromatic N) is 1. The van der Waals surface area contributed by atoms with Crippen LogP contribution in [0.15, 0.2) is 24.3 Å². The third-order valence-electron chi connectivity index (χ3n) is 3.97. The number of hydrogen-bond donors (Lipinski definition) is 2. The van der Waals surface area contributed by atoms with Crippen molar-refractivity contribution in [2.24, 2.45) is 5.92 Å². The number of esters is 1. The van der Waals surface area contributed by atoms with E-state index >= 15 is 0 Å². The Morgan fingerprint density at radius 3 is 2.64 bits per heavy atom. The van der Waals surface area contributed by atoms with Gasteiger partial charge < -0.3 is 24.8 Å². The molecule has 0 aromatic heterocycles. The van der Waals surface area contributed by atoms with Crippen LogP contribution in [0, 0.1) is 5.92 Å². The minimum atomic E-state index is -0.869. The van der Waals surface area contributed by atoms with E-state index in [1.165, 1.54) is 12.0 Å². The third kappa shape index (κ3) is 5.66. The fraction of sp³-hybridized carbons (Fsp3) is 0.471.